The molecule has 0 fully saturated rings. The minimum atomic E-state index is -0.945. The zero-order valence-corrected chi connectivity index (χ0v) is 6.67. The van der Waals surface area contributed by atoms with E-state index in [9.17, 15) is 9.59 Å². The van der Waals surface area contributed by atoms with E-state index in [4.69, 9.17) is 5.11 Å². The van der Waals surface area contributed by atoms with Gasteiger partial charge in [0.05, 0.1) is 6.42 Å². The van der Waals surface area contributed by atoms with Gasteiger partial charge in [0.1, 0.15) is 0 Å². The summed E-state index contributed by atoms with van der Waals surface area (Å²) >= 11 is 0. The quantitative estimate of drug-likeness (QED) is 0.460. The van der Waals surface area contributed by atoms with Crippen molar-refractivity contribution >= 4 is 11.9 Å². The Hall–Kier alpha value is -1.58. The first-order chi connectivity index (χ1) is 5.57. The Morgan fingerprint density at radius 1 is 1.50 bits per heavy atom. The van der Waals surface area contributed by atoms with Crippen LogP contribution in [0.2, 0.25) is 0 Å². The summed E-state index contributed by atoms with van der Waals surface area (Å²) in [5.41, 5.74) is 0.236. The zero-order chi connectivity index (χ0) is 9.56. The molecule has 4 heteroatoms. The first-order valence-corrected chi connectivity index (χ1v) is 3.39. The van der Waals surface area contributed by atoms with Crippen molar-refractivity contribution in [3.8, 4) is 0 Å². The number of nitrogens with one attached hydrogen (secondary N) is 1. The minimum absolute atomic E-state index is 0.0871. The first-order valence-electron chi connectivity index (χ1n) is 3.39. The molecule has 0 aromatic carbocycles. The third-order valence-electron chi connectivity index (χ3n) is 1.16. The van der Waals surface area contributed by atoms with E-state index >= 15 is 0 Å². The van der Waals surface area contributed by atoms with Crippen molar-refractivity contribution in [1.82, 2.24) is 5.32 Å². The number of carbonyl (C=O) groups excluding carboxylic acids is 1. The molecule has 0 heterocycles. The lowest BCUT2D eigenvalue weighted by Gasteiger charge is -2.01. The van der Waals surface area contributed by atoms with Crippen LogP contribution in [0.5, 0.6) is 0 Å². The Bertz CT molecular complexity index is 220. The summed E-state index contributed by atoms with van der Waals surface area (Å²) in [4.78, 5) is 20.9. The summed E-state index contributed by atoms with van der Waals surface area (Å²) in [6, 6.07) is 0. The summed E-state index contributed by atoms with van der Waals surface area (Å²) in [6.45, 7) is 6.85. The largest absolute Gasteiger partial charge is 0.481 e. The lowest BCUT2D eigenvalue weighted by atomic mass is 10.3. The van der Waals surface area contributed by atoms with Crippen molar-refractivity contribution in [1.29, 1.82) is 0 Å². The molecule has 2 N–H and O–H groups in total. The van der Waals surface area contributed by atoms with Gasteiger partial charge in [0.2, 0.25) is 0 Å². The van der Waals surface area contributed by atoms with Gasteiger partial charge in [-0.05, 0) is 0 Å². The van der Waals surface area contributed by atoms with Crippen LogP contribution >= 0.6 is 0 Å². The predicted octanol–water partition coefficient (Wildman–Crippen LogP) is 0.319. The molecule has 0 saturated carbocycles. The van der Waals surface area contributed by atoms with Crippen LogP contribution in [0.15, 0.2) is 24.8 Å². The topological polar surface area (TPSA) is 66.4 Å². The van der Waals surface area contributed by atoms with Crippen LogP contribution in [0, 0.1) is 0 Å². The number of aliphatic carboxylic acids is 1. The monoisotopic (exact) mass is 169 g/mol. The molecule has 0 atom stereocenters. The highest BCUT2D eigenvalue weighted by Crippen LogP contribution is 1.89. The van der Waals surface area contributed by atoms with Gasteiger partial charge in [-0.2, -0.15) is 0 Å². The lowest BCUT2D eigenvalue weighted by Crippen LogP contribution is -2.26. The Labute approximate surface area is 70.6 Å². The van der Waals surface area contributed by atoms with Gasteiger partial charge >= 0.3 is 5.97 Å². The van der Waals surface area contributed by atoms with Crippen LogP contribution < -0.4 is 5.32 Å². The molecule has 0 aliphatic carbocycles. The van der Waals surface area contributed by atoms with Crippen molar-refractivity contribution in [3.05, 3.63) is 24.8 Å². The molecule has 0 unspecified atom stereocenters. The molecule has 0 radical (unpaired) electrons. The highest BCUT2D eigenvalue weighted by atomic mass is 16.4. The van der Waals surface area contributed by atoms with E-state index < -0.39 is 5.97 Å². The van der Waals surface area contributed by atoms with E-state index in [1.807, 2.05) is 0 Å². The first kappa shape index (κ1) is 10.4. The van der Waals surface area contributed by atoms with Gasteiger partial charge in [0, 0.05) is 12.1 Å². The fourth-order valence-electron chi connectivity index (χ4n) is 0.489. The molecule has 0 saturated heterocycles. The molecular formula is C8H11NO3. The second kappa shape index (κ2) is 5.12. The van der Waals surface area contributed by atoms with Crippen molar-refractivity contribution in [2.45, 2.75) is 6.42 Å². The van der Waals surface area contributed by atoms with Crippen molar-refractivity contribution in [3.63, 3.8) is 0 Å². The summed E-state index contributed by atoms with van der Waals surface area (Å²) in [5, 5.41) is 10.6. The molecule has 0 spiro atoms. The van der Waals surface area contributed by atoms with E-state index in [1.54, 1.807) is 0 Å². The van der Waals surface area contributed by atoms with E-state index in [-0.39, 0.29) is 24.4 Å². The molecule has 0 aliphatic heterocycles. The van der Waals surface area contributed by atoms with Crippen LogP contribution in [0.3, 0.4) is 0 Å². The minimum Gasteiger partial charge on any atom is -0.481 e. The third kappa shape index (κ3) is 4.27. The molecule has 0 aliphatic rings. The van der Waals surface area contributed by atoms with Gasteiger partial charge in [0.15, 0.2) is 0 Å². The summed E-state index contributed by atoms with van der Waals surface area (Å²) in [5.74, 6) is -1.33. The Balaban J connectivity index is 3.65. The molecule has 66 valence electrons. The molecule has 0 rings (SSSR count). The van der Waals surface area contributed by atoms with Crippen molar-refractivity contribution < 1.29 is 14.7 Å². The van der Waals surface area contributed by atoms with E-state index in [2.05, 4.69) is 18.5 Å². The normalized spacial score (nSPS) is 8.67. The average Bonchev–Trinajstić information content (AvgIpc) is 2.02. The number of hydrogen-bond acceptors (Lipinski definition) is 2. The summed E-state index contributed by atoms with van der Waals surface area (Å²) in [6.07, 6.45) is 1.23. The highest BCUT2D eigenvalue weighted by molar-refractivity contribution is 5.95. The smallest absolute Gasteiger partial charge is 0.305 e. The Kier molecular flexibility index (Phi) is 4.45. The maximum atomic E-state index is 10.9. The fourth-order valence-corrected chi connectivity index (χ4v) is 0.489. The number of amides is 1. The van der Waals surface area contributed by atoms with E-state index in [0.29, 0.717) is 0 Å². The van der Waals surface area contributed by atoms with Crippen LogP contribution in [-0.4, -0.2) is 23.5 Å². The summed E-state index contributed by atoms with van der Waals surface area (Å²) < 4.78 is 0. The average molecular weight is 169 g/mol. The van der Waals surface area contributed by atoms with Crippen LogP contribution in [0.4, 0.5) is 0 Å². The highest BCUT2D eigenvalue weighted by Gasteiger charge is 2.02. The molecule has 0 bridgehead atoms. The maximum absolute atomic E-state index is 10.9. The Morgan fingerprint density at radius 3 is 2.50 bits per heavy atom. The number of carboxylic acid groups (broad SMARTS) is 1. The van der Waals surface area contributed by atoms with Gasteiger partial charge in [-0.3, -0.25) is 9.59 Å². The summed E-state index contributed by atoms with van der Waals surface area (Å²) in [7, 11) is 0. The molecule has 0 aromatic heterocycles. The fraction of sp³-hybridized carbons (Fsp3) is 0.250. The number of hydrogen-bond donors (Lipinski definition) is 2. The zero-order valence-electron chi connectivity index (χ0n) is 6.67. The molecule has 12 heavy (non-hydrogen) atoms. The van der Waals surface area contributed by atoms with Gasteiger partial charge in [-0.1, -0.05) is 19.2 Å². The standard InChI is InChI=1S/C8H11NO3/c1-3-6(2)8(12)9-5-4-7(10)11/h3H,1-2,4-5H2,(H,9,12)(H,10,11). The van der Waals surface area contributed by atoms with Crippen LogP contribution in [0.1, 0.15) is 6.42 Å². The van der Waals surface area contributed by atoms with E-state index in [1.165, 1.54) is 6.08 Å². The third-order valence-corrected chi connectivity index (χ3v) is 1.16. The number of carbonyl (C=O) groups is 2. The SMILES string of the molecule is C=CC(=C)C(=O)NCCC(=O)O. The van der Waals surface area contributed by atoms with Gasteiger partial charge in [0.25, 0.3) is 5.91 Å². The molecule has 4 nitrogen and oxygen atoms in total. The van der Waals surface area contributed by atoms with Crippen molar-refractivity contribution in [2.75, 3.05) is 6.54 Å². The second-order valence-electron chi connectivity index (χ2n) is 2.13. The van der Waals surface area contributed by atoms with Crippen LogP contribution in [0.25, 0.3) is 0 Å². The van der Waals surface area contributed by atoms with Crippen LogP contribution in [-0.2, 0) is 9.59 Å². The van der Waals surface area contributed by atoms with E-state index in [0.717, 1.165) is 0 Å². The van der Waals surface area contributed by atoms with Gasteiger partial charge in [-0.15, -0.1) is 0 Å². The maximum Gasteiger partial charge on any atom is 0.305 e. The molecular weight excluding hydrogens is 158 g/mol. The Morgan fingerprint density at radius 2 is 2.08 bits per heavy atom. The van der Waals surface area contributed by atoms with Gasteiger partial charge in [-0.25, -0.2) is 0 Å². The number of carboxylic acids is 1. The molecule has 1 amide bonds. The van der Waals surface area contributed by atoms with Crippen molar-refractivity contribution in [2.24, 2.45) is 0 Å². The van der Waals surface area contributed by atoms with Gasteiger partial charge < -0.3 is 10.4 Å². The lowest BCUT2D eigenvalue weighted by molar-refractivity contribution is -0.136. The second-order valence-corrected chi connectivity index (χ2v) is 2.13. The predicted molar refractivity (Wildman–Crippen MR) is 44.6 cm³/mol. The number of rotatable bonds is 5. The molecule has 0 aromatic rings.